The standard InChI is InChI=1S/C12H18N2O3S2/c1-3-17-12(16)6-13-11(15)4-5-18-7-10-8-19-9(2)14-10/h8H,3-7H2,1-2H3,(H,13,15). The number of esters is 1. The molecule has 0 atom stereocenters. The molecule has 0 aliphatic heterocycles. The molecule has 0 saturated heterocycles. The van der Waals surface area contributed by atoms with Gasteiger partial charge in [-0.05, 0) is 13.8 Å². The van der Waals surface area contributed by atoms with E-state index in [0.29, 0.717) is 18.8 Å². The SMILES string of the molecule is CCOC(=O)CNC(=O)CCSCc1csc(C)n1. The van der Waals surface area contributed by atoms with E-state index in [4.69, 9.17) is 4.74 Å². The summed E-state index contributed by atoms with van der Waals surface area (Å²) in [5.41, 5.74) is 1.06. The molecule has 106 valence electrons. The maximum Gasteiger partial charge on any atom is 0.325 e. The highest BCUT2D eigenvalue weighted by molar-refractivity contribution is 7.98. The zero-order valence-corrected chi connectivity index (χ0v) is 12.7. The summed E-state index contributed by atoms with van der Waals surface area (Å²) < 4.78 is 4.71. The smallest absolute Gasteiger partial charge is 0.325 e. The van der Waals surface area contributed by atoms with E-state index in [0.717, 1.165) is 16.5 Å². The number of nitrogens with zero attached hydrogens (tertiary/aromatic N) is 1. The molecule has 0 fully saturated rings. The second-order valence-electron chi connectivity index (χ2n) is 3.74. The predicted molar refractivity (Wildman–Crippen MR) is 77.3 cm³/mol. The van der Waals surface area contributed by atoms with Gasteiger partial charge in [0.1, 0.15) is 6.54 Å². The Labute approximate surface area is 121 Å². The molecule has 0 aromatic carbocycles. The Morgan fingerprint density at radius 2 is 2.32 bits per heavy atom. The molecular weight excluding hydrogens is 284 g/mol. The Hall–Kier alpha value is -1.08. The van der Waals surface area contributed by atoms with E-state index in [1.54, 1.807) is 30.0 Å². The third-order valence-corrected chi connectivity index (χ3v) is 3.94. The van der Waals surface area contributed by atoms with E-state index in [1.807, 2.05) is 12.3 Å². The highest BCUT2D eigenvalue weighted by Gasteiger charge is 2.06. The minimum absolute atomic E-state index is 0.0530. The first-order valence-corrected chi connectivity index (χ1v) is 8.06. The number of hydrogen-bond donors (Lipinski definition) is 1. The molecule has 0 saturated carbocycles. The number of rotatable bonds is 8. The summed E-state index contributed by atoms with van der Waals surface area (Å²) in [7, 11) is 0. The van der Waals surface area contributed by atoms with Crippen molar-refractivity contribution in [1.29, 1.82) is 0 Å². The van der Waals surface area contributed by atoms with Gasteiger partial charge in [-0.15, -0.1) is 11.3 Å². The molecule has 1 N–H and O–H groups in total. The van der Waals surface area contributed by atoms with Crippen molar-refractivity contribution in [3.8, 4) is 0 Å². The second-order valence-corrected chi connectivity index (χ2v) is 5.91. The van der Waals surface area contributed by atoms with Crippen LogP contribution in [0.1, 0.15) is 24.0 Å². The number of amides is 1. The minimum atomic E-state index is -0.401. The van der Waals surface area contributed by atoms with Crippen molar-refractivity contribution in [3.05, 3.63) is 16.1 Å². The lowest BCUT2D eigenvalue weighted by Gasteiger charge is -2.04. The Morgan fingerprint density at radius 1 is 1.53 bits per heavy atom. The Balaban J connectivity index is 2.05. The molecule has 0 unspecified atom stereocenters. The number of nitrogens with one attached hydrogen (secondary N) is 1. The number of aromatic nitrogens is 1. The fourth-order valence-electron chi connectivity index (χ4n) is 1.29. The number of aryl methyl sites for hydroxylation is 1. The van der Waals surface area contributed by atoms with Gasteiger partial charge in [0.25, 0.3) is 0 Å². The van der Waals surface area contributed by atoms with Crippen molar-refractivity contribution in [2.45, 2.75) is 26.0 Å². The van der Waals surface area contributed by atoms with Crippen LogP contribution >= 0.6 is 23.1 Å². The van der Waals surface area contributed by atoms with Crippen LogP contribution in [-0.4, -0.2) is 35.8 Å². The summed E-state index contributed by atoms with van der Waals surface area (Å²) in [4.78, 5) is 26.8. The van der Waals surface area contributed by atoms with E-state index in [1.165, 1.54) is 0 Å². The summed E-state index contributed by atoms with van der Waals surface area (Å²) in [6.45, 7) is 3.98. The van der Waals surface area contributed by atoms with Crippen LogP contribution in [0.15, 0.2) is 5.38 Å². The number of thiazole rings is 1. The molecule has 5 nitrogen and oxygen atoms in total. The molecule has 1 amide bonds. The Morgan fingerprint density at radius 3 is 2.95 bits per heavy atom. The van der Waals surface area contributed by atoms with Crippen LogP contribution in [0.3, 0.4) is 0 Å². The molecule has 1 aromatic heterocycles. The summed E-state index contributed by atoms with van der Waals surface area (Å²) in [6, 6.07) is 0. The number of ether oxygens (including phenoxy) is 1. The van der Waals surface area contributed by atoms with Crippen molar-refractivity contribution < 1.29 is 14.3 Å². The largest absolute Gasteiger partial charge is 0.465 e. The van der Waals surface area contributed by atoms with Crippen LogP contribution in [0.25, 0.3) is 0 Å². The fraction of sp³-hybridized carbons (Fsp3) is 0.583. The lowest BCUT2D eigenvalue weighted by molar-refractivity contribution is -0.143. The monoisotopic (exact) mass is 302 g/mol. The lowest BCUT2D eigenvalue weighted by Crippen LogP contribution is -2.30. The molecule has 1 aromatic rings. The first-order valence-electron chi connectivity index (χ1n) is 6.03. The van der Waals surface area contributed by atoms with Crippen molar-refractivity contribution >= 4 is 35.0 Å². The maximum atomic E-state index is 11.4. The van der Waals surface area contributed by atoms with Crippen molar-refractivity contribution in [2.24, 2.45) is 0 Å². The first kappa shape index (κ1) is 16.0. The van der Waals surface area contributed by atoms with Gasteiger partial charge in [-0.25, -0.2) is 4.98 Å². The van der Waals surface area contributed by atoms with Gasteiger partial charge in [-0.2, -0.15) is 11.8 Å². The molecule has 0 spiro atoms. The van der Waals surface area contributed by atoms with Crippen molar-refractivity contribution in [3.63, 3.8) is 0 Å². The van der Waals surface area contributed by atoms with Crippen LogP contribution in [0.5, 0.6) is 0 Å². The topological polar surface area (TPSA) is 68.3 Å². The van der Waals surface area contributed by atoms with E-state index in [2.05, 4.69) is 10.3 Å². The molecule has 0 bridgehead atoms. The van der Waals surface area contributed by atoms with Gasteiger partial charge in [0.05, 0.1) is 17.3 Å². The van der Waals surface area contributed by atoms with Gasteiger partial charge >= 0.3 is 5.97 Å². The molecular formula is C12H18N2O3S2. The zero-order chi connectivity index (χ0) is 14.1. The van der Waals surface area contributed by atoms with Gasteiger partial charge in [0.2, 0.25) is 5.91 Å². The first-order chi connectivity index (χ1) is 9.11. The van der Waals surface area contributed by atoms with E-state index in [9.17, 15) is 9.59 Å². The average Bonchev–Trinajstić information content (AvgIpc) is 2.78. The quantitative estimate of drug-likeness (QED) is 0.585. The molecule has 0 aliphatic carbocycles. The fourth-order valence-corrected chi connectivity index (χ4v) is 2.84. The van der Waals surface area contributed by atoms with E-state index >= 15 is 0 Å². The van der Waals surface area contributed by atoms with Gasteiger partial charge in [-0.3, -0.25) is 9.59 Å². The lowest BCUT2D eigenvalue weighted by atomic mass is 10.4. The van der Waals surface area contributed by atoms with Crippen LogP contribution in [0.4, 0.5) is 0 Å². The normalized spacial score (nSPS) is 10.2. The highest BCUT2D eigenvalue weighted by Crippen LogP contribution is 2.15. The number of hydrogen-bond acceptors (Lipinski definition) is 6. The zero-order valence-electron chi connectivity index (χ0n) is 11.1. The molecule has 0 radical (unpaired) electrons. The van der Waals surface area contributed by atoms with Crippen molar-refractivity contribution in [2.75, 3.05) is 18.9 Å². The van der Waals surface area contributed by atoms with Crippen LogP contribution < -0.4 is 5.32 Å². The highest BCUT2D eigenvalue weighted by atomic mass is 32.2. The molecule has 7 heteroatoms. The van der Waals surface area contributed by atoms with E-state index in [-0.39, 0.29) is 12.5 Å². The number of carbonyl (C=O) groups is 2. The third-order valence-electron chi connectivity index (χ3n) is 2.13. The minimum Gasteiger partial charge on any atom is -0.465 e. The molecule has 19 heavy (non-hydrogen) atoms. The number of thioether (sulfide) groups is 1. The van der Waals surface area contributed by atoms with Crippen molar-refractivity contribution in [1.82, 2.24) is 10.3 Å². The Kier molecular flexibility index (Phi) is 7.50. The summed E-state index contributed by atoms with van der Waals surface area (Å²) >= 11 is 3.29. The average molecular weight is 302 g/mol. The third kappa shape index (κ3) is 7.17. The predicted octanol–water partition coefficient (Wildman–Crippen LogP) is 1.75. The number of carbonyl (C=O) groups excluding carboxylic acids is 2. The molecule has 1 heterocycles. The van der Waals surface area contributed by atoms with Gasteiger partial charge in [0, 0.05) is 23.3 Å². The summed E-state index contributed by atoms with van der Waals surface area (Å²) in [6.07, 6.45) is 0.396. The summed E-state index contributed by atoms with van der Waals surface area (Å²) in [5.74, 6) is 0.997. The van der Waals surface area contributed by atoms with E-state index < -0.39 is 5.97 Å². The molecule has 0 aliphatic rings. The second kappa shape index (κ2) is 8.92. The van der Waals surface area contributed by atoms with Gasteiger partial charge in [-0.1, -0.05) is 0 Å². The van der Waals surface area contributed by atoms with Crippen LogP contribution in [0.2, 0.25) is 0 Å². The summed E-state index contributed by atoms with van der Waals surface area (Å²) in [5, 5.41) is 5.62. The maximum absolute atomic E-state index is 11.4. The van der Waals surface area contributed by atoms with Gasteiger partial charge < -0.3 is 10.1 Å². The Bertz CT molecular complexity index is 421. The van der Waals surface area contributed by atoms with Crippen LogP contribution in [-0.2, 0) is 20.1 Å². The molecule has 1 rings (SSSR count). The van der Waals surface area contributed by atoms with Crippen LogP contribution in [0, 0.1) is 6.92 Å². The van der Waals surface area contributed by atoms with Gasteiger partial charge in [0.15, 0.2) is 0 Å².